The van der Waals surface area contributed by atoms with Crippen LogP contribution in [0.1, 0.15) is 12.8 Å². The maximum atomic E-state index is 12.5. The monoisotopic (exact) mass is 388 g/mol. The van der Waals surface area contributed by atoms with E-state index in [2.05, 4.69) is 15.9 Å². The average molecular weight is 390 g/mol. The van der Waals surface area contributed by atoms with Gasteiger partial charge in [-0.2, -0.15) is 4.31 Å². The van der Waals surface area contributed by atoms with Gasteiger partial charge in [-0.05, 0) is 40.9 Å². The highest BCUT2D eigenvalue weighted by atomic mass is 79.9. The smallest absolute Gasteiger partial charge is 0.244 e. The molecule has 2 rings (SSSR count). The van der Waals surface area contributed by atoms with Crippen molar-refractivity contribution in [3.8, 4) is 0 Å². The molecule has 0 saturated carbocycles. The van der Waals surface area contributed by atoms with Gasteiger partial charge in [-0.1, -0.05) is 17.7 Å². The zero-order valence-electron chi connectivity index (χ0n) is 10.1. The minimum absolute atomic E-state index is 0. The topological polar surface area (TPSA) is 63.4 Å². The van der Waals surface area contributed by atoms with Gasteiger partial charge in [0.2, 0.25) is 10.0 Å². The molecule has 0 spiro atoms. The van der Waals surface area contributed by atoms with Gasteiger partial charge in [-0.25, -0.2) is 8.42 Å². The molecule has 8 heteroatoms. The highest BCUT2D eigenvalue weighted by Gasteiger charge is 2.30. The maximum Gasteiger partial charge on any atom is 0.244 e. The van der Waals surface area contributed by atoms with Crippen molar-refractivity contribution in [1.29, 1.82) is 0 Å². The third-order valence-corrected chi connectivity index (χ3v) is 6.63. The zero-order valence-corrected chi connectivity index (χ0v) is 14.0. The second kappa shape index (κ2) is 6.74. The Morgan fingerprint density at radius 1 is 1.32 bits per heavy atom. The van der Waals surface area contributed by atoms with Crippen molar-refractivity contribution in [2.24, 2.45) is 5.73 Å². The van der Waals surface area contributed by atoms with Crippen LogP contribution in [0.5, 0.6) is 0 Å². The lowest BCUT2D eigenvalue weighted by Gasteiger charge is -2.29. The predicted molar refractivity (Wildman–Crippen MR) is 82.4 cm³/mol. The van der Waals surface area contributed by atoms with Gasteiger partial charge in [0.15, 0.2) is 0 Å². The summed E-state index contributed by atoms with van der Waals surface area (Å²) in [6.07, 6.45) is 1.38. The number of sulfonamides is 1. The van der Waals surface area contributed by atoms with Crippen LogP contribution in [0.4, 0.5) is 0 Å². The number of rotatable bonds is 2. The molecular weight excluding hydrogens is 375 g/mol. The van der Waals surface area contributed by atoms with Crippen molar-refractivity contribution in [3.05, 3.63) is 27.7 Å². The Kier molecular flexibility index (Phi) is 6.10. The summed E-state index contributed by atoms with van der Waals surface area (Å²) in [7, 11) is -3.49. The van der Waals surface area contributed by atoms with Gasteiger partial charge in [-0.3, -0.25) is 0 Å². The Morgan fingerprint density at radius 3 is 2.47 bits per heavy atom. The molecule has 1 aromatic rings. The van der Waals surface area contributed by atoms with E-state index in [1.54, 1.807) is 18.2 Å². The summed E-state index contributed by atoms with van der Waals surface area (Å²) in [6, 6.07) is 4.94. The molecular formula is C11H15BrCl2N2O2S. The number of hydrogen-bond donors (Lipinski definition) is 1. The van der Waals surface area contributed by atoms with Crippen LogP contribution in [0, 0.1) is 0 Å². The summed E-state index contributed by atoms with van der Waals surface area (Å²) in [4.78, 5) is 0.213. The summed E-state index contributed by atoms with van der Waals surface area (Å²) in [6.45, 7) is 0.922. The number of hydrogen-bond acceptors (Lipinski definition) is 3. The van der Waals surface area contributed by atoms with Crippen molar-refractivity contribution in [2.45, 2.75) is 23.8 Å². The Balaban J connectivity index is 0.00000180. The summed E-state index contributed by atoms with van der Waals surface area (Å²) in [5, 5.41) is 0.393. The summed E-state index contributed by atoms with van der Waals surface area (Å²) >= 11 is 9.16. The first-order chi connectivity index (χ1) is 8.43. The number of nitrogens with two attached hydrogens (primary N) is 1. The summed E-state index contributed by atoms with van der Waals surface area (Å²) < 4.78 is 26.8. The molecule has 0 bridgehead atoms. The molecule has 1 saturated heterocycles. The molecule has 0 atom stereocenters. The van der Waals surface area contributed by atoms with Crippen LogP contribution in [0.15, 0.2) is 27.6 Å². The summed E-state index contributed by atoms with van der Waals surface area (Å²) in [5.41, 5.74) is 5.78. The van der Waals surface area contributed by atoms with E-state index >= 15 is 0 Å². The maximum absolute atomic E-state index is 12.5. The van der Waals surface area contributed by atoms with Crippen LogP contribution >= 0.6 is 39.9 Å². The van der Waals surface area contributed by atoms with Crippen molar-refractivity contribution >= 4 is 50.0 Å². The van der Waals surface area contributed by atoms with Crippen molar-refractivity contribution < 1.29 is 8.42 Å². The minimum Gasteiger partial charge on any atom is -0.328 e. The van der Waals surface area contributed by atoms with Crippen molar-refractivity contribution in [3.63, 3.8) is 0 Å². The molecule has 0 amide bonds. The molecule has 4 nitrogen and oxygen atoms in total. The van der Waals surface area contributed by atoms with E-state index in [0.29, 0.717) is 35.4 Å². The largest absolute Gasteiger partial charge is 0.328 e. The van der Waals surface area contributed by atoms with Crippen LogP contribution in [-0.4, -0.2) is 31.9 Å². The molecule has 1 aliphatic rings. The minimum atomic E-state index is -3.49. The van der Waals surface area contributed by atoms with Gasteiger partial charge in [-0.15, -0.1) is 12.4 Å². The second-order valence-corrected chi connectivity index (χ2v) is 7.40. The molecule has 0 unspecified atom stereocenters. The standard InChI is InChI=1S/C11H14BrClN2O2S.ClH/c12-11-9(13)2-1-3-10(11)18(16,17)15-6-4-8(14)5-7-15;/h1-3,8H,4-7,14H2;1H. The van der Waals surface area contributed by atoms with Crippen LogP contribution in [0.2, 0.25) is 5.02 Å². The van der Waals surface area contributed by atoms with Gasteiger partial charge in [0, 0.05) is 19.1 Å². The van der Waals surface area contributed by atoms with E-state index in [0.717, 1.165) is 0 Å². The molecule has 0 aromatic heterocycles. The van der Waals surface area contributed by atoms with E-state index in [1.807, 2.05) is 0 Å². The lowest BCUT2D eigenvalue weighted by Crippen LogP contribution is -2.42. The lowest BCUT2D eigenvalue weighted by atomic mass is 10.1. The number of benzene rings is 1. The highest BCUT2D eigenvalue weighted by Crippen LogP contribution is 2.32. The third kappa shape index (κ3) is 3.62. The van der Waals surface area contributed by atoms with E-state index in [-0.39, 0.29) is 23.3 Å². The molecule has 19 heavy (non-hydrogen) atoms. The number of nitrogens with zero attached hydrogens (tertiary/aromatic N) is 1. The SMILES string of the molecule is Cl.NC1CCN(S(=O)(=O)c2cccc(Cl)c2Br)CC1. The first kappa shape index (κ1) is 17.2. The van der Waals surface area contributed by atoms with Crippen molar-refractivity contribution in [1.82, 2.24) is 4.31 Å². The Labute approximate surface area is 132 Å². The fraction of sp³-hybridized carbons (Fsp3) is 0.455. The Morgan fingerprint density at radius 2 is 1.89 bits per heavy atom. The van der Waals surface area contributed by atoms with Gasteiger partial charge in [0.25, 0.3) is 0 Å². The van der Waals surface area contributed by atoms with Crippen LogP contribution in [-0.2, 0) is 10.0 Å². The average Bonchev–Trinajstić information content (AvgIpc) is 2.33. The zero-order chi connectivity index (χ0) is 13.3. The van der Waals surface area contributed by atoms with Crippen LogP contribution in [0.25, 0.3) is 0 Å². The quantitative estimate of drug-likeness (QED) is 0.845. The summed E-state index contributed by atoms with van der Waals surface area (Å²) in [5.74, 6) is 0. The van der Waals surface area contributed by atoms with Gasteiger partial charge in [0.05, 0.1) is 14.4 Å². The molecule has 108 valence electrons. The third-order valence-electron chi connectivity index (χ3n) is 3.03. The predicted octanol–water partition coefficient (Wildman–Crippen LogP) is 2.64. The first-order valence-corrected chi connectivity index (χ1v) is 8.24. The van der Waals surface area contributed by atoms with E-state index in [4.69, 9.17) is 17.3 Å². The van der Waals surface area contributed by atoms with Gasteiger partial charge in [0.1, 0.15) is 0 Å². The molecule has 2 N–H and O–H groups in total. The number of piperidine rings is 1. The normalized spacial score (nSPS) is 18.1. The van der Waals surface area contributed by atoms with Crippen LogP contribution in [0.3, 0.4) is 0 Å². The Hall–Kier alpha value is 0.150. The lowest BCUT2D eigenvalue weighted by molar-refractivity contribution is 0.320. The molecule has 1 fully saturated rings. The first-order valence-electron chi connectivity index (χ1n) is 5.62. The Bertz CT molecular complexity index is 546. The van der Waals surface area contributed by atoms with E-state index in [9.17, 15) is 8.42 Å². The van der Waals surface area contributed by atoms with E-state index in [1.165, 1.54) is 4.31 Å². The van der Waals surface area contributed by atoms with Crippen molar-refractivity contribution in [2.75, 3.05) is 13.1 Å². The fourth-order valence-electron chi connectivity index (χ4n) is 1.94. The fourth-order valence-corrected chi connectivity index (χ4v) is 4.60. The highest BCUT2D eigenvalue weighted by molar-refractivity contribution is 9.10. The second-order valence-electron chi connectivity index (χ2n) is 4.29. The number of halogens is 3. The molecule has 0 radical (unpaired) electrons. The van der Waals surface area contributed by atoms with E-state index < -0.39 is 10.0 Å². The molecule has 1 aliphatic heterocycles. The molecule has 1 heterocycles. The molecule has 1 aromatic carbocycles. The van der Waals surface area contributed by atoms with Gasteiger partial charge < -0.3 is 5.73 Å². The molecule has 0 aliphatic carbocycles. The van der Waals surface area contributed by atoms with Gasteiger partial charge >= 0.3 is 0 Å². The van der Waals surface area contributed by atoms with Crippen LogP contribution < -0.4 is 5.73 Å².